The molecule has 0 spiro atoms. The Hall–Kier alpha value is 0.584. The normalized spacial score (nSPS) is 10.0. The first-order valence-corrected chi connectivity index (χ1v) is 1.91. The molecule has 0 aliphatic carbocycles. The molecule has 37 valence electrons. The van der Waals surface area contributed by atoms with Gasteiger partial charge in [0.05, 0.1) is 0 Å². The molecule has 0 N–H and O–H groups in total. The van der Waals surface area contributed by atoms with Gasteiger partial charge in [-0.15, -0.1) is 13.8 Å². The molecule has 1 heteroatoms. The van der Waals surface area contributed by atoms with Gasteiger partial charge in [0.25, 0.3) is 0 Å². The topological polar surface area (TPSA) is 0 Å². The molecule has 0 atom stereocenters. The van der Waals surface area contributed by atoms with E-state index in [1.807, 2.05) is 26.0 Å². The van der Waals surface area contributed by atoms with Crippen LogP contribution in [0.1, 0.15) is 13.8 Å². The molecule has 0 saturated carbocycles. The van der Waals surface area contributed by atoms with Crippen molar-refractivity contribution in [3.8, 4) is 0 Å². The summed E-state index contributed by atoms with van der Waals surface area (Å²) in [6.45, 7) is 3.71. The van der Waals surface area contributed by atoms with E-state index in [0.717, 1.165) is 0 Å². The minimum absolute atomic E-state index is 0. The zero-order valence-corrected chi connectivity index (χ0v) is 7.57. The van der Waals surface area contributed by atoms with Crippen molar-refractivity contribution in [2.75, 3.05) is 0 Å². The number of hydrogen-bond donors (Lipinski definition) is 0. The third kappa shape index (κ3) is 10.8. The predicted molar refractivity (Wildman–Crippen MR) is 27.0 cm³/mol. The monoisotopic (exact) mass is 169 g/mol. The molecule has 0 amide bonds. The fourth-order valence-electron chi connectivity index (χ4n) is 0.167. The van der Waals surface area contributed by atoms with Crippen LogP contribution < -0.4 is 0 Å². The molecule has 0 unspecified atom stereocenters. The molecule has 0 aliphatic heterocycles. The van der Waals surface area contributed by atoms with E-state index < -0.39 is 0 Å². The smallest absolute Gasteiger partial charge is 0 e. The van der Waals surface area contributed by atoms with Crippen LogP contribution >= 0.6 is 0 Å². The molecule has 0 nitrogen and oxygen atoms in total. The maximum Gasteiger partial charge on any atom is 0 e. The van der Waals surface area contributed by atoms with Crippen molar-refractivity contribution < 1.29 is 32.7 Å². The minimum Gasteiger partial charge on any atom is -0.391 e. The van der Waals surface area contributed by atoms with Gasteiger partial charge in [0.2, 0.25) is 0 Å². The second kappa shape index (κ2) is 9.77. The van der Waals surface area contributed by atoms with Crippen molar-refractivity contribution in [2.24, 2.45) is 0 Å². The molecule has 0 heterocycles. The third-order valence-electron chi connectivity index (χ3n) is 0.417. The molecule has 0 saturated heterocycles. The summed E-state index contributed by atoms with van der Waals surface area (Å²) < 4.78 is 0. The molecular weight excluding hydrogens is 161 g/mol. The minimum atomic E-state index is 0. The summed E-state index contributed by atoms with van der Waals surface area (Å²) in [5.74, 6) is 0. The Balaban J connectivity index is 0. The summed E-state index contributed by atoms with van der Waals surface area (Å²) >= 11 is 0. The van der Waals surface area contributed by atoms with Crippen LogP contribution in [0.15, 0.2) is 12.2 Å². The fraction of sp³-hybridized carbons (Fsp3) is 0.333. The second-order valence-electron chi connectivity index (χ2n) is 0.911. The number of hydrogen-bond acceptors (Lipinski definition) is 0. The van der Waals surface area contributed by atoms with Gasteiger partial charge in [0.15, 0.2) is 0 Å². The first-order chi connectivity index (χ1) is 2.91. The van der Waals surface area contributed by atoms with Crippen LogP contribution in [0.5, 0.6) is 0 Å². The van der Waals surface area contributed by atoms with Gasteiger partial charge in [0.1, 0.15) is 0 Å². The van der Waals surface area contributed by atoms with E-state index in [2.05, 4.69) is 12.2 Å². The molecule has 0 aromatic carbocycles. The van der Waals surface area contributed by atoms with E-state index in [9.17, 15) is 0 Å². The molecule has 0 aliphatic rings. The van der Waals surface area contributed by atoms with E-state index in [4.69, 9.17) is 0 Å². The van der Waals surface area contributed by atoms with Crippen molar-refractivity contribution in [1.29, 1.82) is 0 Å². The Morgan fingerprint density at radius 1 is 1.00 bits per heavy atom. The van der Waals surface area contributed by atoms with Gasteiger partial charge in [-0.2, -0.15) is 0 Å². The largest absolute Gasteiger partial charge is 0.391 e. The second-order valence-corrected chi connectivity index (χ2v) is 0.911. The van der Waals surface area contributed by atoms with Gasteiger partial charge in [-0.05, 0) is 0 Å². The summed E-state index contributed by atoms with van der Waals surface area (Å²) in [6.07, 6.45) is 9.29. The quantitative estimate of drug-likeness (QED) is 0.414. The third-order valence-corrected chi connectivity index (χ3v) is 0.417. The van der Waals surface area contributed by atoms with E-state index in [0.29, 0.717) is 0 Å². The van der Waals surface area contributed by atoms with Gasteiger partial charge in [-0.1, -0.05) is 0 Å². The van der Waals surface area contributed by atoms with Crippen LogP contribution in [0.2, 0.25) is 0 Å². The van der Waals surface area contributed by atoms with E-state index in [-0.39, 0.29) is 32.7 Å². The van der Waals surface area contributed by atoms with E-state index in [1.165, 1.54) is 0 Å². The van der Waals surface area contributed by atoms with Gasteiger partial charge in [0, 0.05) is 32.7 Å². The predicted octanol–water partition coefficient (Wildman–Crippen LogP) is 1.74. The molecule has 0 fully saturated rings. The summed E-state index contributed by atoms with van der Waals surface area (Å²) in [4.78, 5) is 0. The summed E-state index contributed by atoms with van der Waals surface area (Å²) in [7, 11) is 0. The van der Waals surface area contributed by atoms with Gasteiger partial charge in [-0.3, -0.25) is 0 Å². The van der Waals surface area contributed by atoms with Crippen LogP contribution in [0, 0.1) is 12.2 Å². The van der Waals surface area contributed by atoms with Crippen molar-refractivity contribution in [3.63, 3.8) is 0 Å². The van der Waals surface area contributed by atoms with Crippen LogP contribution in [0.3, 0.4) is 0 Å². The van der Waals surface area contributed by atoms with Crippen molar-refractivity contribution >= 4 is 0 Å². The van der Waals surface area contributed by atoms with Crippen LogP contribution in [0.4, 0.5) is 0 Å². The Morgan fingerprint density at radius 2 is 1.29 bits per heavy atom. The van der Waals surface area contributed by atoms with Crippen LogP contribution in [-0.2, 0) is 32.7 Å². The molecule has 7 heavy (non-hydrogen) atoms. The molecule has 1 radical (unpaired) electrons. The average Bonchev–Trinajstić information content (AvgIpc) is 1.61. The fourth-order valence-corrected chi connectivity index (χ4v) is 0.167. The van der Waals surface area contributed by atoms with Gasteiger partial charge in [-0.25, -0.2) is 0 Å². The Morgan fingerprint density at radius 3 is 1.43 bits per heavy atom. The SMILES string of the molecule is C[C-]=CC=[C-]C.[Y]. The Labute approximate surface area is 70.6 Å². The zero-order chi connectivity index (χ0) is 4.83. The summed E-state index contributed by atoms with van der Waals surface area (Å²) in [6, 6.07) is 0. The molecule has 0 rings (SSSR count). The van der Waals surface area contributed by atoms with E-state index >= 15 is 0 Å². The Bertz CT molecular complexity index is 52.6. The average molecular weight is 169 g/mol. The van der Waals surface area contributed by atoms with Crippen molar-refractivity contribution in [3.05, 3.63) is 24.3 Å². The van der Waals surface area contributed by atoms with Gasteiger partial charge >= 0.3 is 0 Å². The van der Waals surface area contributed by atoms with Crippen molar-refractivity contribution in [1.82, 2.24) is 0 Å². The molecule has 0 aromatic heterocycles. The zero-order valence-electron chi connectivity index (χ0n) is 4.73. The van der Waals surface area contributed by atoms with Crippen molar-refractivity contribution in [2.45, 2.75) is 13.8 Å². The Kier molecular flexibility index (Phi) is 14.7. The van der Waals surface area contributed by atoms with E-state index in [1.54, 1.807) is 0 Å². The maximum atomic E-state index is 2.83. The molecular formula is C6H8Y-2. The molecule has 0 bridgehead atoms. The first kappa shape index (κ1) is 10.5. The summed E-state index contributed by atoms with van der Waals surface area (Å²) in [5.41, 5.74) is 0. The number of allylic oxidation sites excluding steroid dienone is 4. The van der Waals surface area contributed by atoms with Crippen LogP contribution in [0.25, 0.3) is 0 Å². The van der Waals surface area contributed by atoms with Gasteiger partial charge < -0.3 is 24.3 Å². The first-order valence-electron chi connectivity index (χ1n) is 1.91. The standard InChI is InChI=1S/C6H8.Y/c1-3-5-6-4-2;/h5-6H,1-2H3;/q-2;. The number of rotatable bonds is 1. The maximum absolute atomic E-state index is 2.83. The van der Waals surface area contributed by atoms with Crippen LogP contribution in [-0.4, -0.2) is 0 Å². The molecule has 0 aromatic rings. The summed E-state index contributed by atoms with van der Waals surface area (Å²) in [5, 5.41) is 0.